The zero-order valence-electron chi connectivity index (χ0n) is 17.3. The maximum absolute atomic E-state index is 11.0. The highest BCUT2D eigenvalue weighted by Crippen LogP contribution is 2.27. The minimum atomic E-state index is -0.447. The van der Waals surface area contributed by atoms with Crippen molar-refractivity contribution >= 4 is 33.6 Å². The first-order valence-electron chi connectivity index (χ1n) is 9.76. The van der Waals surface area contributed by atoms with E-state index in [2.05, 4.69) is 15.5 Å². The highest BCUT2D eigenvalue weighted by molar-refractivity contribution is 7.14. The van der Waals surface area contributed by atoms with Crippen LogP contribution in [0.15, 0.2) is 83.3 Å². The van der Waals surface area contributed by atoms with Crippen LogP contribution in [0.2, 0.25) is 0 Å². The summed E-state index contributed by atoms with van der Waals surface area (Å²) in [4.78, 5) is 25.4. The Morgan fingerprint density at radius 2 is 1.36 bits per heavy atom. The van der Waals surface area contributed by atoms with Crippen LogP contribution < -0.4 is 5.43 Å². The van der Waals surface area contributed by atoms with E-state index in [-0.39, 0.29) is 11.4 Å². The molecule has 0 unspecified atom stereocenters. The molecule has 0 atom stereocenters. The van der Waals surface area contributed by atoms with Crippen molar-refractivity contribution in [3.63, 3.8) is 0 Å². The average molecular weight is 459 g/mol. The number of anilines is 1. The molecule has 4 rings (SSSR count). The molecule has 0 spiro atoms. The number of hydrogen-bond donors (Lipinski definition) is 1. The number of thiazole rings is 1. The molecule has 33 heavy (non-hydrogen) atoms. The quantitative estimate of drug-likeness (QED) is 0.212. The third-order valence-electron chi connectivity index (χ3n) is 4.82. The van der Waals surface area contributed by atoms with Crippen molar-refractivity contribution in [3.8, 4) is 11.3 Å². The Labute approximate surface area is 192 Å². The molecule has 164 valence electrons. The zero-order chi connectivity index (χ0) is 23.4. The van der Waals surface area contributed by atoms with Gasteiger partial charge in [0.2, 0.25) is 5.13 Å². The van der Waals surface area contributed by atoms with E-state index in [1.165, 1.54) is 35.6 Å². The first kappa shape index (κ1) is 21.8. The van der Waals surface area contributed by atoms with Crippen molar-refractivity contribution in [2.75, 3.05) is 5.43 Å². The summed E-state index contributed by atoms with van der Waals surface area (Å²) >= 11 is 1.34. The topological polar surface area (TPSA) is 124 Å². The Morgan fingerprint density at radius 3 is 1.91 bits per heavy atom. The minimum absolute atomic E-state index is 0.00243. The number of hydrogen-bond acceptors (Lipinski definition) is 8. The molecular weight excluding hydrogens is 442 g/mol. The molecule has 0 amide bonds. The Bertz CT molecular complexity index is 1330. The van der Waals surface area contributed by atoms with Gasteiger partial charge in [-0.3, -0.25) is 25.7 Å². The van der Waals surface area contributed by atoms with Gasteiger partial charge >= 0.3 is 0 Å². The van der Waals surface area contributed by atoms with Crippen LogP contribution >= 0.6 is 11.3 Å². The number of aryl methyl sites for hydroxylation is 1. The third kappa shape index (κ3) is 5.08. The van der Waals surface area contributed by atoms with Crippen LogP contribution in [0.4, 0.5) is 16.5 Å². The van der Waals surface area contributed by atoms with E-state index in [0.29, 0.717) is 22.1 Å². The van der Waals surface area contributed by atoms with Crippen molar-refractivity contribution in [1.82, 2.24) is 4.98 Å². The van der Waals surface area contributed by atoms with E-state index in [0.717, 1.165) is 16.7 Å². The molecule has 1 aromatic heterocycles. The molecule has 0 radical (unpaired) electrons. The second kappa shape index (κ2) is 9.37. The molecule has 0 fully saturated rings. The van der Waals surface area contributed by atoms with Gasteiger partial charge in [-0.2, -0.15) is 5.10 Å². The first-order chi connectivity index (χ1) is 15.9. The fraction of sp³-hybridized carbons (Fsp3) is 0.0435. The van der Waals surface area contributed by atoms with Crippen LogP contribution in [0.25, 0.3) is 11.3 Å². The zero-order valence-corrected chi connectivity index (χ0v) is 18.2. The standard InChI is InChI=1S/C23H17N5O4S/c1-15-2-4-17(5-3-15)22(18-8-12-20(13-9-18)28(31)32)25-26-23-24-21(14-33-23)16-6-10-19(11-7-16)27(29)30/h2-14H,1H3,(H,24,26)/b25-22+. The number of hydrazone groups is 1. The third-order valence-corrected chi connectivity index (χ3v) is 5.56. The highest BCUT2D eigenvalue weighted by atomic mass is 32.1. The molecule has 0 bridgehead atoms. The fourth-order valence-electron chi connectivity index (χ4n) is 3.06. The van der Waals surface area contributed by atoms with Gasteiger partial charge < -0.3 is 0 Å². The van der Waals surface area contributed by atoms with Gasteiger partial charge in [0.25, 0.3) is 11.4 Å². The monoisotopic (exact) mass is 459 g/mol. The number of nitro groups is 2. The Hall–Kier alpha value is -4.44. The summed E-state index contributed by atoms with van der Waals surface area (Å²) in [7, 11) is 0. The summed E-state index contributed by atoms with van der Waals surface area (Å²) in [6.45, 7) is 1.99. The molecule has 3 aromatic carbocycles. The predicted molar refractivity (Wildman–Crippen MR) is 128 cm³/mol. The summed E-state index contributed by atoms with van der Waals surface area (Å²) in [5.74, 6) is 0. The number of non-ortho nitro benzene ring substituents is 2. The fourth-order valence-corrected chi connectivity index (χ4v) is 3.72. The van der Waals surface area contributed by atoms with E-state index in [4.69, 9.17) is 0 Å². The number of nitro benzene ring substituents is 2. The van der Waals surface area contributed by atoms with Crippen molar-refractivity contribution in [2.45, 2.75) is 6.92 Å². The molecule has 1 heterocycles. The Morgan fingerprint density at radius 1 is 0.848 bits per heavy atom. The van der Waals surface area contributed by atoms with Crippen molar-refractivity contribution in [1.29, 1.82) is 0 Å². The van der Waals surface area contributed by atoms with Crippen LogP contribution in [0.5, 0.6) is 0 Å². The number of benzene rings is 3. The van der Waals surface area contributed by atoms with Crippen LogP contribution in [-0.2, 0) is 0 Å². The van der Waals surface area contributed by atoms with E-state index in [9.17, 15) is 20.2 Å². The molecule has 4 aromatic rings. The normalized spacial score (nSPS) is 11.2. The summed E-state index contributed by atoms with van der Waals surface area (Å²) in [6.07, 6.45) is 0. The maximum atomic E-state index is 11.0. The van der Waals surface area contributed by atoms with Crippen LogP contribution in [0, 0.1) is 27.2 Å². The number of nitrogens with zero attached hydrogens (tertiary/aromatic N) is 4. The number of aromatic nitrogens is 1. The molecule has 0 aliphatic heterocycles. The van der Waals surface area contributed by atoms with Gasteiger partial charge in [-0.15, -0.1) is 11.3 Å². The van der Waals surface area contributed by atoms with Gasteiger partial charge in [-0.1, -0.05) is 29.8 Å². The highest BCUT2D eigenvalue weighted by Gasteiger charge is 2.12. The maximum Gasteiger partial charge on any atom is 0.269 e. The number of nitrogens with one attached hydrogen (secondary N) is 1. The molecule has 0 saturated carbocycles. The lowest BCUT2D eigenvalue weighted by atomic mass is 10.0. The van der Waals surface area contributed by atoms with E-state index >= 15 is 0 Å². The summed E-state index contributed by atoms with van der Waals surface area (Å²) in [5, 5.41) is 28.7. The smallest absolute Gasteiger partial charge is 0.258 e. The lowest BCUT2D eigenvalue weighted by molar-refractivity contribution is -0.385. The molecule has 1 N–H and O–H groups in total. The largest absolute Gasteiger partial charge is 0.269 e. The van der Waals surface area contributed by atoms with Crippen molar-refractivity contribution in [3.05, 3.63) is 115 Å². The summed E-state index contributed by atoms with van der Waals surface area (Å²) < 4.78 is 0. The van der Waals surface area contributed by atoms with E-state index < -0.39 is 9.85 Å². The summed E-state index contributed by atoms with van der Waals surface area (Å²) in [5.41, 5.74) is 7.67. The van der Waals surface area contributed by atoms with Gasteiger partial charge in [0.15, 0.2) is 0 Å². The number of rotatable bonds is 7. The second-order valence-electron chi connectivity index (χ2n) is 7.08. The van der Waals surface area contributed by atoms with Gasteiger partial charge in [0.05, 0.1) is 21.3 Å². The Balaban J connectivity index is 1.62. The molecular formula is C23H17N5O4S. The van der Waals surface area contributed by atoms with Crippen molar-refractivity contribution in [2.24, 2.45) is 5.10 Å². The Kier molecular flexibility index (Phi) is 6.18. The second-order valence-corrected chi connectivity index (χ2v) is 7.94. The van der Waals surface area contributed by atoms with Gasteiger partial charge in [0, 0.05) is 46.3 Å². The van der Waals surface area contributed by atoms with Crippen molar-refractivity contribution < 1.29 is 9.85 Å². The first-order valence-corrected chi connectivity index (χ1v) is 10.6. The van der Waals surface area contributed by atoms with Gasteiger partial charge in [0.1, 0.15) is 0 Å². The lowest BCUT2D eigenvalue weighted by Crippen LogP contribution is -2.07. The predicted octanol–water partition coefficient (Wildman–Crippen LogP) is 5.80. The van der Waals surface area contributed by atoms with E-state index in [1.54, 1.807) is 24.3 Å². The molecule has 0 aliphatic rings. The molecule has 10 heteroatoms. The molecule has 0 saturated heterocycles. The molecule has 9 nitrogen and oxygen atoms in total. The van der Waals surface area contributed by atoms with Gasteiger partial charge in [-0.05, 0) is 31.2 Å². The summed E-state index contributed by atoms with van der Waals surface area (Å²) in [6, 6.07) is 20.1. The molecule has 0 aliphatic carbocycles. The van der Waals surface area contributed by atoms with Crippen LogP contribution in [0.3, 0.4) is 0 Å². The van der Waals surface area contributed by atoms with Crippen LogP contribution in [0.1, 0.15) is 16.7 Å². The van der Waals surface area contributed by atoms with Gasteiger partial charge in [-0.25, -0.2) is 4.98 Å². The van der Waals surface area contributed by atoms with Crippen LogP contribution in [-0.4, -0.2) is 20.5 Å². The minimum Gasteiger partial charge on any atom is -0.258 e. The van der Waals surface area contributed by atoms with E-state index in [1.807, 2.05) is 36.6 Å². The lowest BCUT2D eigenvalue weighted by Gasteiger charge is -2.08. The average Bonchev–Trinajstić information content (AvgIpc) is 3.30. The SMILES string of the molecule is Cc1ccc(/C(=N\Nc2nc(-c3ccc([N+](=O)[O-])cc3)cs2)c2ccc([N+](=O)[O-])cc2)cc1.